The maximum absolute atomic E-state index is 12.7. The average molecular weight is 407 g/mol. The Morgan fingerprint density at radius 3 is 2.43 bits per heavy atom. The van der Waals surface area contributed by atoms with Crippen LogP contribution in [0.3, 0.4) is 0 Å². The van der Waals surface area contributed by atoms with Crippen LogP contribution in [0.25, 0.3) is 0 Å². The number of nitrogen functional groups attached to an aromatic ring is 1. The van der Waals surface area contributed by atoms with Crippen molar-refractivity contribution in [3.8, 4) is 0 Å². The van der Waals surface area contributed by atoms with Crippen LogP contribution in [-0.2, 0) is 7.05 Å². The van der Waals surface area contributed by atoms with Crippen molar-refractivity contribution in [1.82, 2.24) is 14.5 Å². The van der Waals surface area contributed by atoms with Crippen LogP contribution in [0.2, 0.25) is 0 Å². The SMILES string of the molecule is Cn1ccnc1C(=O)c1ccc(N2CCN(c3ccc(N)nc3)CC2)c([N+](=O)[O-])c1. The number of carbonyl (C=O) groups is 1. The van der Waals surface area contributed by atoms with Crippen molar-refractivity contribution < 1.29 is 9.72 Å². The van der Waals surface area contributed by atoms with Gasteiger partial charge in [-0.05, 0) is 24.3 Å². The number of hydrogen-bond donors (Lipinski definition) is 1. The highest BCUT2D eigenvalue weighted by molar-refractivity contribution is 6.07. The molecule has 2 aromatic heterocycles. The summed E-state index contributed by atoms with van der Waals surface area (Å²) in [6.07, 6.45) is 4.91. The molecule has 3 aromatic rings. The lowest BCUT2D eigenvalue weighted by Gasteiger charge is -2.37. The lowest BCUT2D eigenvalue weighted by atomic mass is 10.1. The van der Waals surface area contributed by atoms with E-state index in [9.17, 15) is 14.9 Å². The molecule has 0 unspecified atom stereocenters. The van der Waals surface area contributed by atoms with Gasteiger partial charge in [0, 0.05) is 57.3 Å². The topological polar surface area (TPSA) is 123 Å². The molecule has 10 heteroatoms. The van der Waals surface area contributed by atoms with E-state index in [2.05, 4.69) is 14.9 Å². The van der Waals surface area contributed by atoms with E-state index < -0.39 is 4.92 Å². The summed E-state index contributed by atoms with van der Waals surface area (Å²) in [5.74, 6) is 0.355. The second kappa shape index (κ2) is 7.82. The van der Waals surface area contributed by atoms with Crippen molar-refractivity contribution in [2.24, 2.45) is 7.05 Å². The predicted octanol–water partition coefficient (Wildman–Crippen LogP) is 1.86. The largest absolute Gasteiger partial charge is 0.384 e. The van der Waals surface area contributed by atoms with Crippen LogP contribution in [0.1, 0.15) is 16.2 Å². The van der Waals surface area contributed by atoms with E-state index in [1.165, 1.54) is 12.3 Å². The van der Waals surface area contributed by atoms with E-state index in [1.54, 1.807) is 42.2 Å². The second-order valence-electron chi connectivity index (χ2n) is 7.07. The van der Waals surface area contributed by atoms with Crippen molar-refractivity contribution in [3.05, 3.63) is 70.4 Å². The first-order valence-electron chi connectivity index (χ1n) is 9.46. The molecule has 4 rings (SSSR count). The highest BCUT2D eigenvalue weighted by Crippen LogP contribution is 2.31. The first-order valence-corrected chi connectivity index (χ1v) is 9.46. The number of carbonyl (C=O) groups excluding carboxylic acids is 1. The molecular weight excluding hydrogens is 386 g/mol. The van der Waals surface area contributed by atoms with Crippen molar-refractivity contribution in [2.75, 3.05) is 41.7 Å². The maximum atomic E-state index is 12.7. The van der Waals surface area contributed by atoms with Crippen LogP contribution in [0.4, 0.5) is 22.9 Å². The molecule has 0 radical (unpaired) electrons. The maximum Gasteiger partial charge on any atom is 0.293 e. The highest BCUT2D eigenvalue weighted by atomic mass is 16.6. The van der Waals surface area contributed by atoms with E-state index in [1.807, 2.05) is 11.0 Å². The normalized spacial score (nSPS) is 14.0. The monoisotopic (exact) mass is 407 g/mol. The van der Waals surface area contributed by atoms with Gasteiger partial charge >= 0.3 is 0 Å². The molecule has 0 aliphatic carbocycles. The van der Waals surface area contributed by atoms with Crippen LogP contribution < -0.4 is 15.5 Å². The number of aryl methyl sites for hydroxylation is 1. The quantitative estimate of drug-likeness (QED) is 0.386. The number of nitrogens with two attached hydrogens (primary N) is 1. The molecule has 0 spiro atoms. The van der Waals surface area contributed by atoms with Gasteiger partial charge in [-0.2, -0.15) is 0 Å². The summed E-state index contributed by atoms with van der Waals surface area (Å²) in [7, 11) is 1.71. The van der Waals surface area contributed by atoms with Crippen LogP contribution in [-0.4, -0.2) is 51.4 Å². The van der Waals surface area contributed by atoms with Crippen LogP contribution in [0.15, 0.2) is 48.9 Å². The molecule has 30 heavy (non-hydrogen) atoms. The summed E-state index contributed by atoms with van der Waals surface area (Å²) in [5.41, 5.74) is 7.27. The van der Waals surface area contributed by atoms with E-state index >= 15 is 0 Å². The number of nitro groups is 1. The number of hydrogen-bond acceptors (Lipinski definition) is 8. The Bertz CT molecular complexity index is 1090. The number of anilines is 3. The lowest BCUT2D eigenvalue weighted by molar-refractivity contribution is -0.384. The first-order chi connectivity index (χ1) is 14.4. The third-order valence-corrected chi connectivity index (χ3v) is 5.21. The van der Waals surface area contributed by atoms with Crippen LogP contribution >= 0.6 is 0 Å². The number of nitro benzene ring substituents is 1. The minimum atomic E-state index is -0.444. The van der Waals surface area contributed by atoms with E-state index in [0.717, 1.165) is 5.69 Å². The van der Waals surface area contributed by atoms with Gasteiger partial charge in [-0.25, -0.2) is 9.97 Å². The number of pyridine rings is 1. The van der Waals surface area contributed by atoms with Gasteiger partial charge in [0.05, 0.1) is 16.8 Å². The Balaban J connectivity index is 1.54. The van der Waals surface area contributed by atoms with E-state index in [4.69, 9.17) is 5.73 Å². The number of imidazole rings is 1. The molecule has 1 saturated heterocycles. The Morgan fingerprint density at radius 2 is 1.83 bits per heavy atom. The fourth-order valence-corrected chi connectivity index (χ4v) is 3.58. The molecule has 1 fully saturated rings. The number of rotatable bonds is 5. The third-order valence-electron chi connectivity index (χ3n) is 5.21. The van der Waals surface area contributed by atoms with Crippen molar-refractivity contribution in [3.63, 3.8) is 0 Å². The average Bonchev–Trinajstić information content (AvgIpc) is 3.19. The summed E-state index contributed by atoms with van der Waals surface area (Å²) in [4.78, 5) is 36.2. The Labute approximate surface area is 172 Å². The number of nitrogens with zero attached hydrogens (tertiary/aromatic N) is 6. The molecule has 1 aromatic carbocycles. The van der Waals surface area contributed by atoms with Gasteiger partial charge < -0.3 is 20.1 Å². The minimum Gasteiger partial charge on any atom is -0.384 e. The second-order valence-corrected chi connectivity index (χ2v) is 7.07. The zero-order valence-electron chi connectivity index (χ0n) is 16.4. The summed E-state index contributed by atoms with van der Waals surface area (Å²) in [6, 6.07) is 8.27. The number of benzene rings is 1. The van der Waals surface area contributed by atoms with Crippen LogP contribution in [0, 0.1) is 10.1 Å². The summed E-state index contributed by atoms with van der Waals surface area (Å²) in [5, 5.41) is 11.7. The molecule has 0 atom stereocenters. The standard InChI is InChI=1S/C20H21N7O3/c1-24-7-6-22-20(24)19(28)14-2-4-16(17(12-14)27(29)30)26-10-8-25(9-11-26)15-3-5-18(21)23-13-15/h2-7,12-13H,8-11H2,1H3,(H2,21,23). The smallest absolute Gasteiger partial charge is 0.293 e. The van der Waals surface area contributed by atoms with Gasteiger partial charge in [-0.1, -0.05) is 0 Å². The zero-order chi connectivity index (χ0) is 21.3. The minimum absolute atomic E-state index is 0.0855. The molecule has 10 nitrogen and oxygen atoms in total. The summed E-state index contributed by atoms with van der Waals surface area (Å²) in [6.45, 7) is 2.60. The van der Waals surface area contributed by atoms with Gasteiger partial charge in [0.25, 0.3) is 5.69 Å². The fraction of sp³-hybridized carbons (Fsp3) is 0.250. The summed E-state index contributed by atoms with van der Waals surface area (Å²) >= 11 is 0. The van der Waals surface area contributed by atoms with Crippen molar-refractivity contribution in [2.45, 2.75) is 0 Å². The van der Waals surface area contributed by atoms with Gasteiger partial charge in [0.1, 0.15) is 11.5 Å². The summed E-state index contributed by atoms with van der Waals surface area (Å²) < 4.78 is 1.59. The molecular formula is C20H21N7O3. The molecule has 1 aliphatic rings. The third kappa shape index (κ3) is 3.66. The lowest BCUT2D eigenvalue weighted by Crippen LogP contribution is -2.46. The Kier molecular flexibility index (Phi) is 5.05. The van der Waals surface area contributed by atoms with Gasteiger partial charge in [0.2, 0.25) is 5.78 Å². The predicted molar refractivity (Wildman–Crippen MR) is 113 cm³/mol. The molecule has 0 saturated carbocycles. The van der Waals surface area contributed by atoms with Gasteiger partial charge in [-0.3, -0.25) is 14.9 Å². The number of ketones is 1. The fourth-order valence-electron chi connectivity index (χ4n) is 3.58. The van der Waals surface area contributed by atoms with Crippen LogP contribution in [0.5, 0.6) is 0 Å². The first kappa shape index (κ1) is 19.4. The zero-order valence-corrected chi connectivity index (χ0v) is 16.4. The van der Waals surface area contributed by atoms with Crippen molar-refractivity contribution >= 4 is 28.7 Å². The molecule has 1 aliphatic heterocycles. The Hall–Kier alpha value is -3.95. The molecule has 154 valence electrons. The highest BCUT2D eigenvalue weighted by Gasteiger charge is 2.26. The van der Waals surface area contributed by atoms with Gasteiger partial charge in [-0.15, -0.1) is 0 Å². The Morgan fingerprint density at radius 1 is 1.10 bits per heavy atom. The van der Waals surface area contributed by atoms with E-state index in [0.29, 0.717) is 37.7 Å². The number of aromatic nitrogens is 3. The molecule has 0 amide bonds. The molecule has 3 heterocycles. The molecule has 2 N–H and O–H groups in total. The van der Waals surface area contributed by atoms with Crippen molar-refractivity contribution in [1.29, 1.82) is 0 Å². The van der Waals surface area contributed by atoms with E-state index in [-0.39, 0.29) is 22.9 Å². The number of piperazine rings is 1. The molecule has 0 bridgehead atoms. The van der Waals surface area contributed by atoms with Gasteiger partial charge in [0.15, 0.2) is 5.82 Å².